The van der Waals surface area contributed by atoms with E-state index in [2.05, 4.69) is 15.9 Å². The van der Waals surface area contributed by atoms with E-state index in [-0.39, 0.29) is 54.6 Å². The molecule has 2 aromatic carbocycles. The first-order chi connectivity index (χ1) is 13.1. The molecule has 3 rings (SSSR count). The Morgan fingerprint density at radius 3 is 2.36 bits per heavy atom. The van der Waals surface area contributed by atoms with Crippen LogP contribution in [0.3, 0.4) is 0 Å². The second kappa shape index (κ2) is 6.93. The van der Waals surface area contributed by atoms with Gasteiger partial charge in [0.05, 0.1) is 15.6 Å². The fourth-order valence-electron chi connectivity index (χ4n) is 2.86. The number of furan rings is 1. The summed E-state index contributed by atoms with van der Waals surface area (Å²) < 4.78 is 5.59. The number of fused-ring (bicyclic) bond motifs is 1. The highest BCUT2D eigenvalue weighted by molar-refractivity contribution is 9.10. The van der Waals surface area contributed by atoms with Gasteiger partial charge in [-0.15, -0.1) is 0 Å². The number of benzene rings is 2. The minimum atomic E-state index is -1.26. The molecule has 1 unspecified atom stereocenters. The molecular formula is C18H10B2BrNO6. The number of nitriles is 1. The predicted molar refractivity (Wildman–Crippen MR) is 105 cm³/mol. The van der Waals surface area contributed by atoms with Crippen LogP contribution in [0, 0.1) is 11.3 Å². The lowest BCUT2D eigenvalue weighted by atomic mass is 9.81. The van der Waals surface area contributed by atoms with Gasteiger partial charge >= 0.3 is 0 Å². The van der Waals surface area contributed by atoms with E-state index in [0.717, 1.165) is 6.07 Å². The van der Waals surface area contributed by atoms with Gasteiger partial charge in [-0.05, 0) is 45.9 Å². The second-order valence-electron chi connectivity index (χ2n) is 6.04. The number of halogens is 1. The molecule has 136 valence electrons. The normalized spacial score (nSPS) is 12.1. The van der Waals surface area contributed by atoms with Gasteiger partial charge in [-0.2, -0.15) is 5.26 Å². The summed E-state index contributed by atoms with van der Waals surface area (Å²) in [6.45, 7) is 1.34. The van der Waals surface area contributed by atoms with Gasteiger partial charge in [-0.3, -0.25) is 4.79 Å². The van der Waals surface area contributed by atoms with Crippen LogP contribution in [0.15, 0.2) is 21.0 Å². The van der Waals surface area contributed by atoms with Crippen molar-refractivity contribution >= 4 is 59.3 Å². The molecule has 0 amide bonds. The number of aromatic hydroxyl groups is 3. The Morgan fingerprint density at radius 2 is 1.79 bits per heavy atom. The molecular weight excluding hydrogens is 428 g/mol. The molecule has 7 nitrogen and oxygen atoms in total. The fraction of sp³-hybridized carbons (Fsp3) is 0.111. The molecule has 0 bridgehead atoms. The van der Waals surface area contributed by atoms with E-state index in [1.807, 2.05) is 0 Å². The lowest BCUT2D eigenvalue weighted by Gasteiger charge is -2.10. The highest BCUT2D eigenvalue weighted by Crippen LogP contribution is 2.36. The molecule has 0 fully saturated rings. The van der Waals surface area contributed by atoms with E-state index in [9.17, 15) is 25.2 Å². The number of rotatable bonds is 3. The number of nitrogens with zero attached hydrogens (tertiary/aromatic N) is 1. The van der Waals surface area contributed by atoms with Crippen molar-refractivity contribution in [3.8, 4) is 23.3 Å². The number of phenols is 3. The topological polar surface area (TPSA) is 135 Å². The number of hydrogen-bond donors (Lipinski definition) is 4. The number of hydrogen-bond acceptors (Lipinski definition) is 7. The molecule has 1 atom stereocenters. The van der Waals surface area contributed by atoms with Gasteiger partial charge in [0, 0.05) is 10.9 Å². The van der Waals surface area contributed by atoms with Crippen molar-refractivity contribution in [1.82, 2.24) is 0 Å². The molecule has 10 heteroatoms. The maximum atomic E-state index is 13.2. The predicted octanol–water partition coefficient (Wildman–Crippen LogP) is 1.06. The number of ketones is 1. The number of phenolic OH excluding ortho intramolecular Hbond substituents is 3. The maximum absolute atomic E-state index is 13.2. The SMILES string of the molecule is [B]c1c(O)c(O)c([B])c2c(C(=O)c3cc(Br)c(O)c(C#N)c3)c(C(C)O)oc12. The van der Waals surface area contributed by atoms with Crippen LogP contribution >= 0.6 is 15.9 Å². The molecule has 4 N–H and O–H groups in total. The third-order valence-electron chi connectivity index (χ3n) is 4.24. The van der Waals surface area contributed by atoms with Crippen molar-refractivity contribution in [1.29, 1.82) is 5.26 Å². The summed E-state index contributed by atoms with van der Waals surface area (Å²) in [6, 6.07) is 4.21. The van der Waals surface area contributed by atoms with Gasteiger partial charge in [0.1, 0.15) is 50.7 Å². The van der Waals surface area contributed by atoms with Crippen LogP contribution in [0.2, 0.25) is 0 Å². The summed E-state index contributed by atoms with van der Waals surface area (Å²) in [7, 11) is 11.6. The lowest BCUT2D eigenvalue weighted by molar-refractivity contribution is 0.102. The van der Waals surface area contributed by atoms with Gasteiger partial charge in [0.15, 0.2) is 11.5 Å². The van der Waals surface area contributed by atoms with Gasteiger partial charge in [0.2, 0.25) is 0 Å². The Kier molecular flexibility index (Phi) is 4.91. The molecule has 0 spiro atoms. The Balaban J connectivity index is 2.40. The Morgan fingerprint density at radius 1 is 1.18 bits per heavy atom. The summed E-state index contributed by atoms with van der Waals surface area (Å²) in [4.78, 5) is 13.2. The van der Waals surface area contributed by atoms with E-state index in [4.69, 9.17) is 25.4 Å². The van der Waals surface area contributed by atoms with E-state index < -0.39 is 23.4 Å². The zero-order chi connectivity index (χ0) is 20.9. The van der Waals surface area contributed by atoms with Gasteiger partial charge < -0.3 is 24.8 Å². The number of aliphatic hydroxyl groups is 1. The van der Waals surface area contributed by atoms with E-state index in [1.165, 1.54) is 13.0 Å². The average Bonchev–Trinajstić information content (AvgIpc) is 3.07. The first-order valence-electron chi connectivity index (χ1n) is 7.80. The van der Waals surface area contributed by atoms with Crippen molar-refractivity contribution in [3.63, 3.8) is 0 Å². The molecule has 1 heterocycles. The maximum Gasteiger partial charge on any atom is 0.197 e. The van der Waals surface area contributed by atoms with Crippen LogP contribution in [-0.4, -0.2) is 41.9 Å². The van der Waals surface area contributed by atoms with Crippen molar-refractivity contribution in [2.45, 2.75) is 13.0 Å². The molecule has 0 aliphatic heterocycles. The van der Waals surface area contributed by atoms with Crippen LogP contribution in [-0.2, 0) is 0 Å². The molecule has 4 radical (unpaired) electrons. The smallest absolute Gasteiger partial charge is 0.197 e. The third-order valence-corrected chi connectivity index (χ3v) is 4.84. The first kappa shape index (κ1) is 19.9. The molecule has 28 heavy (non-hydrogen) atoms. The number of aliphatic hydroxyl groups excluding tert-OH is 1. The summed E-state index contributed by atoms with van der Waals surface area (Å²) in [5.41, 5.74) is -1.25. The second-order valence-corrected chi connectivity index (χ2v) is 6.90. The molecule has 0 saturated carbocycles. The van der Waals surface area contributed by atoms with Gasteiger partial charge in [-0.25, -0.2) is 0 Å². The summed E-state index contributed by atoms with van der Waals surface area (Å²) in [6.07, 6.45) is -1.26. The van der Waals surface area contributed by atoms with Gasteiger partial charge in [-0.1, -0.05) is 0 Å². The lowest BCUT2D eigenvalue weighted by Crippen LogP contribution is -2.16. The molecule has 0 aliphatic carbocycles. The monoisotopic (exact) mass is 437 g/mol. The van der Waals surface area contributed by atoms with Crippen molar-refractivity contribution in [2.75, 3.05) is 0 Å². The Labute approximate surface area is 169 Å². The summed E-state index contributed by atoms with van der Waals surface area (Å²) in [5, 5.41) is 48.9. The Bertz CT molecular complexity index is 1200. The van der Waals surface area contributed by atoms with E-state index >= 15 is 0 Å². The quantitative estimate of drug-likeness (QED) is 0.273. The largest absolute Gasteiger partial charge is 0.505 e. The molecule has 0 aliphatic rings. The zero-order valence-corrected chi connectivity index (χ0v) is 15.9. The highest BCUT2D eigenvalue weighted by atomic mass is 79.9. The van der Waals surface area contributed by atoms with Crippen molar-refractivity contribution in [3.05, 3.63) is 39.1 Å². The number of carbonyl (C=O) groups excluding carboxylic acids is 1. The first-order valence-corrected chi connectivity index (χ1v) is 8.60. The van der Waals surface area contributed by atoms with Gasteiger partial charge in [0.25, 0.3) is 0 Å². The van der Waals surface area contributed by atoms with Crippen LogP contribution < -0.4 is 10.9 Å². The van der Waals surface area contributed by atoms with E-state index in [1.54, 1.807) is 6.07 Å². The average molecular weight is 438 g/mol. The Hall–Kier alpha value is -2.89. The zero-order valence-electron chi connectivity index (χ0n) is 14.3. The van der Waals surface area contributed by atoms with Crippen LogP contribution in [0.25, 0.3) is 11.0 Å². The minimum absolute atomic E-state index is 0.0173. The van der Waals surface area contributed by atoms with Crippen LogP contribution in [0.4, 0.5) is 0 Å². The van der Waals surface area contributed by atoms with Crippen LogP contribution in [0.1, 0.15) is 40.3 Å². The minimum Gasteiger partial charge on any atom is -0.505 e. The highest BCUT2D eigenvalue weighted by Gasteiger charge is 2.29. The standard InChI is InChI=1S/C18H10B2BrNO6/c1-5(23)17-10(9-11(19)15(26)16(27)12(20)18(9)28-17)14(25)6-2-7(4-22)13(24)8(21)3-6/h2-3,5,23-24,26-27H,1H3. The summed E-state index contributed by atoms with van der Waals surface area (Å²) in [5.74, 6) is -2.68. The van der Waals surface area contributed by atoms with Crippen molar-refractivity contribution < 1.29 is 29.6 Å². The summed E-state index contributed by atoms with van der Waals surface area (Å²) >= 11 is 3.07. The van der Waals surface area contributed by atoms with E-state index in [0.29, 0.717) is 0 Å². The van der Waals surface area contributed by atoms with Crippen molar-refractivity contribution in [2.24, 2.45) is 0 Å². The third kappa shape index (κ3) is 2.84. The van der Waals surface area contributed by atoms with Crippen LogP contribution in [0.5, 0.6) is 17.2 Å². The molecule has 3 aromatic rings. The molecule has 0 saturated heterocycles. The number of carbonyl (C=O) groups is 1. The molecule has 1 aromatic heterocycles. The fourth-order valence-corrected chi connectivity index (χ4v) is 3.32.